The number of aromatic nitrogens is 1. The highest BCUT2D eigenvalue weighted by molar-refractivity contribution is 7.80. The van der Waals surface area contributed by atoms with Gasteiger partial charge in [-0.1, -0.05) is 18.3 Å². The third-order valence-corrected chi connectivity index (χ3v) is 3.17. The van der Waals surface area contributed by atoms with E-state index in [1.165, 1.54) is 5.56 Å². The lowest BCUT2D eigenvalue weighted by molar-refractivity contribution is 0.00773. The molecule has 2 rings (SSSR count). The van der Waals surface area contributed by atoms with Gasteiger partial charge in [-0.25, -0.2) is 0 Å². The van der Waals surface area contributed by atoms with Crippen LogP contribution in [0.4, 0.5) is 0 Å². The molecule has 0 aliphatic carbocycles. The molecule has 1 atom stereocenters. The lowest BCUT2D eigenvalue weighted by Crippen LogP contribution is -2.48. The van der Waals surface area contributed by atoms with Crippen LogP contribution in [0.15, 0.2) is 24.5 Å². The third kappa shape index (κ3) is 3.73. The Bertz CT molecular complexity index is 371. The van der Waals surface area contributed by atoms with E-state index in [1.54, 1.807) is 6.20 Å². The molecule has 1 aliphatic heterocycles. The van der Waals surface area contributed by atoms with Crippen molar-refractivity contribution in [2.24, 2.45) is 5.73 Å². The van der Waals surface area contributed by atoms with Crippen LogP contribution in [0.3, 0.4) is 0 Å². The predicted molar refractivity (Wildman–Crippen MR) is 70.9 cm³/mol. The van der Waals surface area contributed by atoms with E-state index in [0.717, 1.165) is 26.1 Å². The van der Waals surface area contributed by atoms with Gasteiger partial charge in [0.25, 0.3) is 0 Å². The summed E-state index contributed by atoms with van der Waals surface area (Å²) in [6, 6.07) is 4.06. The first-order valence-electron chi connectivity index (χ1n) is 5.78. The van der Waals surface area contributed by atoms with Gasteiger partial charge in [0.1, 0.15) is 11.1 Å². The first-order chi connectivity index (χ1) is 8.25. The van der Waals surface area contributed by atoms with Gasteiger partial charge < -0.3 is 10.5 Å². The number of hydrogen-bond donors (Lipinski definition) is 1. The molecule has 1 aromatic rings. The van der Waals surface area contributed by atoms with E-state index in [2.05, 4.69) is 16.0 Å². The zero-order valence-corrected chi connectivity index (χ0v) is 10.5. The van der Waals surface area contributed by atoms with E-state index in [0.29, 0.717) is 11.6 Å². The van der Waals surface area contributed by atoms with Crippen LogP contribution in [0.1, 0.15) is 5.56 Å². The van der Waals surface area contributed by atoms with Crippen molar-refractivity contribution in [3.8, 4) is 0 Å². The number of nitrogens with zero attached hydrogens (tertiary/aromatic N) is 2. The molecule has 0 bridgehead atoms. The van der Waals surface area contributed by atoms with E-state index in [9.17, 15) is 0 Å². The SMILES string of the molecule is NC(=S)C1CN(CCc2cccnc2)CCO1. The number of ether oxygens (including phenoxy) is 1. The lowest BCUT2D eigenvalue weighted by Gasteiger charge is -2.32. The van der Waals surface area contributed by atoms with Gasteiger partial charge in [0.15, 0.2) is 0 Å². The van der Waals surface area contributed by atoms with Crippen LogP contribution >= 0.6 is 12.2 Å². The van der Waals surface area contributed by atoms with Gasteiger partial charge in [-0.3, -0.25) is 9.88 Å². The third-order valence-electron chi connectivity index (χ3n) is 2.91. The van der Waals surface area contributed by atoms with Crippen molar-refractivity contribution in [1.82, 2.24) is 9.88 Å². The Morgan fingerprint density at radius 3 is 3.24 bits per heavy atom. The summed E-state index contributed by atoms with van der Waals surface area (Å²) in [6.45, 7) is 3.44. The summed E-state index contributed by atoms with van der Waals surface area (Å²) in [5.74, 6) is 0. The minimum Gasteiger partial charge on any atom is -0.391 e. The van der Waals surface area contributed by atoms with E-state index < -0.39 is 0 Å². The second kappa shape index (κ2) is 6.05. The minimum atomic E-state index is -0.0901. The Kier molecular flexibility index (Phi) is 4.42. The highest BCUT2D eigenvalue weighted by atomic mass is 32.1. The summed E-state index contributed by atoms with van der Waals surface area (Å²) in [6.07, 6.45) is 4.61. The second-order valence-corrected chi connectivity index (χ2v) is 4.65. The quantitative estimate of drug-likeness (QED) is 0.795. The zero-order valence-electron chi connectivity index (χ0n) is 9.71. The van der Waals surface area contributed by atoms with E-state index in [-0.39, 0.29) is 6.10 Å². The molecule has 0 radical (unpaired) electrons. The molecule has 92 valence electrons. The van der Waals surface area contributed by atoms with Gasteiger partial charge in [0.05, 0.1) is 6.61 Å². The van der Waals surface area contributed by atoms with Gasteiger partial charge in [-0.2, -0.15) is 0 Å². The molecule has 1 aliphatic rings. The van der Waals surface area contributed by atoms with Crippen molar-refractivity contribution >= 4 is 17.2 Å². The smallest absolute Gasteiger partial charge is 0.120 e. The molecule has 5 heteroatoms. The maximum absolute atomic E-state index is 5.61. The number of thiocarbonyl (C=S) groups is 1. The molecule has 1 fully saturated rings. The van der Waals surface area contributed by atoms with Gasteiger partial charge in [0.2, 0.25) is 0 Å². The predicted octanol–water partition coefficient (Wildman–Crippen LogP) is 0.611. The van der Waals surface area contributed by atoms with Crippen molar-refractivity contribution in [2.45, 2.75) is 12.5 Å². The largest absolute Gasteiger partial charge is 0.391 e. The summed E-state index contributed by atoms with van der Waals surface area (Å²) >= 11 is 4.96. The normalized spacial score (nSPS) is 21.3. The monoisotopic (exact) mass is 251 g/mol. The van der Waals surface area contributed by atoms with Gasteiger partial charge >= 0.3 is 0 Å². The maximum Gasteiger partial charge on any atom is 0.120 e. The highest BCUT2D eigenvalue weighted by Gasteiger charge is 2.21. The fourth-order valence-electron chi connectivity index (χ4n) is 1.91. The number of rotatable bonds is 4. The molecular weight excluding hydrogens is 234 g/mol. The summed E-state index contributed by atoms with van der Waals surface area (Å²) in [5, 5.41) is 0. The molecule has 0 aromatic carbocycles. The van der Waals surface area contributed by atoms with Crippen LogP contribution in [0.25, 0.3) is 0 Å². The summed E-state index contributed by atoms with van der Waals surface area (Å²) < 4.78 is 5.50. The molecule has 17 heavy (non-hydrogen) atoms. The van der Waals surface area contributed by atoms with E-state index >= 15 is 0 Å². The molecule has 0 amide bonds. The highest BCUT2D eigenvalue weighted by Crippen LogP contribution is 2.07. The Morgan fingerprint density at radius 1 is 1.65 bits per heavy atom. The Hall–Kier alpha value is -1.04. The molecule has 1 aromatic heterocycles. The van der Waals surface area contributed by atoms with Crippen LogP contribution < -0.4 is 5.73 Å². The van der Waals surface area contributed by atoms with Crippen molar-refractivity contribution < 1.29 is 4.74 Å². The number of morpholine rings is 1. The first-order valence-corrected chi connectivity index (χ1v) is 6.18. The second-order valence-electron chi connectivity index (χ2n) is 4.17. The molecule has 1 saturated heterocycles. The number of pyridine rings is 1. The van der Waals surface area contributed by atoms with Gasteiger partial charge in [-0.05, 0) is 18.1 Å². The minimum absolute atomic E-state index is 0.0901. The van der Waals surface area contributed by atoms with E-state index in [1.807, 2.05) is 12.3 Å². The van der Waals surface area contributed by atoms with Crippen molar-refractivity contribution in [3.05, 3.63) is 30.1 Å². The molecule has 2 heterocycles. The number of nitrogens with two attached hydrogens (primary N) is 1. The molecule has 4 nitrogen and oxygen atoms in total. The molecular formula is C12H17N3OS. The lowest BCUT2D eigenvalue weighted by atomic mass is 10.2. The van der Waals surface area contributed by atoms with Gasteiger partial charge in [0, 0.05) is 32.0 Å². The van der Waals surface area contributed by atoms with Crippen LogP contribution in [0.5, 0.6) is 0 Å². The van der Waals surface area contributed by atoms with Gasteiger partial charge in [-0.15, -0.1) is 0 Å². The van der Waals surface area contributed by atoms with E-state index in [4.69, 9.17) is 22.7 Å². The molecule has 1 unspecified atom stereocenters. The average Bonchev–Trinajstić information content (AvgIpc) is 2.38. The first kappa shape index (κ1) is 12.4. The fourth-order valence-corrected chi connectivity index (χ4v) is 2.05. The molecule has 0 spiro atoms. The van der Waals surface area contributed by atoms with Crippen LogP contribution in [-0.4, -0.2) is 47.2 Å². The molecule has 0 saturated carbocycles. The zero-order chi connectivity index (χ0) is 12.1. The number of hydrogen-bond acceptors (Lipinski definition) is 4. The summed E-state index contributed by atoms with van der Waals surface area (Å²) in [4.78, 5) is 6.90. The summed E-state index contributed by atoms with van der Waals surface area (Å²) in [5.41, 5.74) is 6.86. The standard InChI is InChI=1S/C12H17N3OS/c13-12(17)11-9-15(6-7-16-11)5-3-10-2-1-4-14-8-10/h1-2,4,8,11H,3,5-7,9H2,(H2,13,17). The van der Waals surface area contributed by atoms with Crippen LogP contribution in [0.2, 0.25) is 0 Å². The van der Waals surface area contributed by atoms with Crippen molar-refractivity contribution in [3.63, 3.8) is 0 Å². The fraction of sp³-hybridized carbons (Fsp3) is 0.500. The Labute approximate surface area is 107 Å². The maximum atomic E-state index is 5.61. The Morgan fingerprint density at radius 2 is 2.53 bits per heavy atom. The summed E-state index contributed by atoms with van der Waals surface area (Å²) in [7, 11) is 0. The Balaban J connectivity index is 1.81. The van der Waals surface area contributed by atoms with Crippen molar-refractivity contribution in [2.75, 3.05) is 26.2 Å². The van der Waals surface area contributed by atoms with Crippen molar-refractivity contribution in [1.29, 1.82) is 0 Å². The van der Waals surface area contributed by atoms with Crippen LogP contribution in [0, 0.1) is 0 Å². The molecule has 2 N–H and O–H groups in total. The topological polar surface area (TPSA) is 51.4 Å². The van der Waals surface area contributed by atoms with Crippen LogP contribution in [-0.2, 0) is 11.2 Å². The average molecular weight is 251 g/mol.